The summed E-state index contributed by atoms with van der Waals surface area (Å²) in [6.45, 7) is 7.03. The lowest BCUT2D eigenvalue weighted by atomic mass is 10.2. The van der Waals surface area contributed by atoms with E-state index in [1.54, 1.807) is 32.9 Å². The maximum atomic E-state index is 11.8. The summed E-state index contributed by atoms with van der Waals surface area (Å²) >= 11 is 0. The minimum absolute atomic E-state index is 0.197. The minimum Gasteiger partial charge on any atom is -0.462 e. The second-order valence-electron chi connectivity index (χ2n) is 4.56. The van der Waals surface area contributed by atoms with E-state index in [1.165, 1.54) is 0 Å². The molecule has 1 rings (SSSR count). The molecule has 0 spiro atoms. The molecule has 0 saturated carbocycles. The van der Waals surface area contributed by atoms with Crippen molar-refractivity contribution in [1.29, 1.82) is 0 Å². The molecule has 1 N–H and O–H groups in total. The zero-order valence-corrected chi connectivity index (χ0v) is 12.6. The van der Waals surface area contributed by atoms with E-state index < -0.39 is 20.2 Å². The highest BCUT2D eigenvalue weighted by Crippen LogP contribution is 2.24. The van der Waals surface area contributed by atoms with Gasteiger partial charge >= 0.3 is 14.1 Å². The molecule has 1 unspecified atom stereocenters. The molecule has 0 fully saturated rings. The molecule has 19 heavy (non-hydrogen) atoms. The SMILES string of the molecule is Cc1cccc(O[PH](=O)N[C@@H](C)C(=O)OC(C)C)c1. The van der Waals surface area contributed by atoms with Crippen LogP contribution in [-0.2, 0) is 14.1 Å². The number of rotatable bonds is 6. The van der Waals surface area contributed by atoms with Gasteiger partial charge in [-0.3, -0.25) is 9.36 Å². The zero-order valence-electron chi connectivity index (χ0n) is 11.6. The highest BCUT2D eigenvalue weighted by molar-refractivity contribution is 7.37. The smallest absolute Gasteiger partial charge is 0.323 e. The number of carbonyl (C=O) groups excluding carboxylic acids is 1. The van der Waals surface area contributed by atoms with Crippen LogP contribution < -0.4 is 9.61 Å². The number of ether oxygens (including phenoxy) is 1. The quantitative estimate of drug-likeness (QED) is 0.643. The molecule has 0 aliphatic carbocycles. The Labute approximate surface area is 114 Å². The summed E-state index contributed by atoms with van der Waals surface area (Å²) < 4.78 is 22.0. The van der Waals surface area contributed by atoms with Crippen molar-refractivity contribution in [2.45, 2.75) is 39.8 Å². The Morgan fingerprint density at radius 1 is 1.32 bits per heavy atom. The molecule has 0 amide bonds. The molecule has 5 nitrogen and oxygen atoms in total. The second kappa shape index (κ2) is 7.31. The van der Waals surface area contributed by atoms with Gasteiger partial charge in [0.1, 0.15) is 11.8 Å². The van der Waals surface area contributed by atoms with Crippen molar-refractivity contribution in [3.05, 3.63) is 29.8 Å². The van der Waals surface area contributed by atoms with Crippen molar-refractivity contribution < 1.29 is 18.6 Å². The van der Waals surface area contributed by atoms with Crippen molar-refractivity contribution in [3.8, 4) is 5.75 Å². The van der Waals surface area contributed by atoms with Gasteiger partial charge in [0.25, 0.3) is 0 Å². The predicted molar refractivity (Wildman–Crippen MR) is 74.6 cm³/mol. The second-order valence-corrected chi connectivity index (χ2v) is 5.63. The van der Waals surface area contributed by atoms with Crippen LogP contribution in [0, 0.1) is 6.92 Å². The van der Waals surface area contributed by atoms with Crippen LogP contribution in [0.25, 0.3) is 0 Å². The molecule has 0 aliphatic heterocycles. The number of benzene rings is 1. The summed E-state index contributed by atoms with van der Waals surface area (Å²) in [7, 11) is -2.54. The van der Waals surface area contributed by atoms with Gasteiger partial charge in [-0.05, 0) is 45.4 Å². The average Bonchev–Trinajstić information content (AvgIpc) is 2.27. The molecule has 1 aromatic rings. The Morgan fingerprint density at radius 3 is 2.58 bits per heavy atom. The van der Waals surface area contributed by atoms with Gasteiger partial charge in [0.15, 0.2) is 0 Å². The van der Waals surface area contributed by atoms with Gasteiger partial charge in [0, 0.05) is 0 Å². The van der Waals surface area contributed by atoms with E-state index >= 15 is 0 Å². The maximum Gasteiger partial charge on any atom is 0.323 e. The lowest BCUT2D eigenvalue weighted by Crippen LogP contribution is -2.33. The van der Waals surface area contributed by atoms with Crippen molar-refractivity contribution >= 4 is 14.1 Å². The molecule has 0 saturated heterocycles. The highest BCUT2D eigenvalue weighted by atomic mass is 31.1. The van der Waals surface area contributed by atoms with Crippen LogP contribution in [0.3, 0.4) is 0 Å². The molecule has 0 heterocycles. The van der Waals surface area contributed by atoms with Crippen molar-refractivity contribution in [1.82, 2.24) is 5.09 Å². The van der Waals surface area contributed by atoms with E-state index in [0.717, 1.165) is 5.56 Å². The summed E-state index contributed by atoms with van der Waals surface area (Å²) in [5, 5.41) is 2.60. The fraction of sp³-hybridized carbons (Fsp3) is 0.462. The van der Waals surface area contributed by atoms with Crippen LogP contribution in [-0.4, -0.2) is 18.1 Å². The summed E-state index contributed by atoms with van der Waals surface area (Å²) in [5.74, 6) is 0.0713. The molecule has 0 radical (unpaired) electrons. The van der Waals surface area contributed by atoms with Crippen molar-refractivity contribution in [2.75, 3.05) is 0 Å². The number of carbonyl (C=O) groups is 1. The standard InChI is InChI=1S/C13H20NO4P/c1-9(2)17-13(15)11(4)14-19(16)18-12-7-5-6-10(3)8-12/h5-9,11,19H,1-4H3,(H,14,16)/t11-/m0/s1. The number of aryl methyl sites for hydroxylation is 1. The summed E-state index contributed by atoms with van der Waals surface area (Å²) in [4.78, 5) is 11.5. The van der Waals surface area contributed by atoms with Gasteiger partial charge in [-0.25, -0.2) is 5.09 Å². The fourth-order valence-corrected chi connectivity index (χ4v) is 2.26. The topological polar surface area (TPSA) is 64.6 Å². The summed E-state index contributed by atoms with van der Waals surface area (Å²) in [5.41, 5.74) is 1.01. The predicted octanol–water partition coefficient (Wildman–Crippen LogP) is 2.69. The molecule has 0 aliphatic rings. The number of hydrogen-bond acceptors (Lipinski definition) is 4. The molecular weight excluding hydrogens is 265 g/mol. The van der Waals surface area contributed by atoms with E-state index in [-0.39, 0.29) is 6.10 Å². The lowest BCUT2D eigenvalue weighted by molar-refractivity contribution is -0.148. The Bertz CT molecular complexity index is 462. The third kappa shape index (κ3) is 5.90. The molecule has 0 aromatic heterocycles. The number of esters is 1. The van der Waals surface area contributed by atoms with Crippen LogP contribution in [0.4, 0.5) is 0 Å². The van der Waals surface area contributed by atoms with E-state index in [9.17, 15) is 9.36 Å². The van der Waals surface area contributed by atoms with Crippen LogP contribution in [0.1, 0.15) is 26.3 Å². The normalized spacial score (nSPS) is 13.9. The van der Waals surface area contributed by atoms with Gasteiger partial charge < -0.3 is 9.26 Å². The van der Waals surface area contributed by atoms with Crippen LogP contribution >= 0.6 is 8.18 Å². The third-order valence-electron chi connectivity index (χ3n) is 2.24. The summed E-state index contributed by atoms with van der Waals surface area (Å²) in [6, 6.07) is 6.56. The Balaban J connectivity index is 2.49. The number of nitrogens with one attached hydrogen (secondary N) is 1. The Hall–Kier alpha value is -1.32. The Morgan fingerprint density at radius 2 is 2.00 bits per heavy atom. The first-order valence-electron chi connectivity index (χ1n) is 6.14. The molecule has 2 atom stereocenters. The van der Waals surface area contributed by atoms with E-state index in [0.29, 0.717) is 5.75 Å². The van der Waals surface area contributed by atoms with Crippen LogP contribution in [0.5, 0.6) is 5.75 Å². The monoisotopic (exact) mass is 285 g/mol. The lowest BCUT2D eigenvalue weighted by Gasteiger charge is -2.15. The van der Waals surface area contributed by atoms with Crippen LogP contribution in [0.2, 0.25) is 0 Å². The minimum atomic E-state index is -2.54. The molecule has 0 bridgehead atoms. The molecule has 6 heteroatoms. The average molecular weight is 285 g/mol. The highest BCUT2D eigenvalue weighted by Gasteiger charge is 2.18. The summed E-state index contributed by atoms with van der Waals surface area (Å²) in [6.07, 6.45) is -0.197. The number of hydrogen-bond donors (Lipinski definition) is 1. The third-order valence-corrected chi connectivity index (χ3v) is 3.33. The first kappa shape index (κ1) is 15.7. The Kier molecular flexibility index (Phi) is 6.06. The maximum absolute atomic E-state index is 11.8. The first-order chi connectivity index (χ1) is 8.88. The molecule has 1 aromatic carbocycles. The van der Waals surface area contributed by atoms with Crippen molar-refractivity contribution in [3.63, 3.8) is 0 Å². The van der Waals surface area contributed by atoms with E-state index in [2.05, 4.69) is 5.09 Å². The van der Waals surface area contributed by atoms with Gasteiger partial charge in [-0.1, -0.05) is 12.1 Å². The van der Waals surface area contributed by atoms with Gasteiger partial charge in [0.05, 0.1) is 6.10 Å². The van der Waals surface area contributed by atoms with Gasteiger partial charge in [-0.15, -0.1) is 0 Å². The van der Waals surface area contributed by atoms with Gasteiger partial charge in [-0.2, -0.15) is 0 Å². The van der Waals surface area contributed by atoms with Crippen molar-refractivity contribution in [2.24, 2.45) is 0 Å². The zero-order chi connectivity index (χ0) is 14.4. The van der Waals surface area contributed by atoms with Gasteiger partial charge in [0.2, 0.25) is 0 Å². The molecule has 106 valence electrons. The van der Waals surface area contributed by atoms with E-state index in [4.69, 9.17) is 9.26 Å². The first-order valence-corrected chi connectivity index (χ1v) is 7.45. The van der Waals surface area contributed by atoms with E-state index in [1.807, 2.05) is 19.1 Å². The fourth-order valence-electron chi connectivity index (χ4n) is 1.39. The molecular formula is C13H20NO4P. The largest absolute Gasteiger partial charge is 0.462 e. The van der Waals surface area contributed by atoms with Crippen LogP contribution in [0.15, 0.2) is 24.3 Å².